The Morgan fingerprint density at radius 2 is 1.50 bits per heavy atom. The molecule has 0 unspecified atom stereocenters. The van der Waals surface area contributed by atoms with Gasteiger partial charge in [0.15, 0.2) is 0 Å². The standard InChI is InChI=1S/C31H38BrN3O4S/c1-31(2,3)33-30(37)28(22-24-13-7-5-8-14-24)34(23-25-15-11-16-26(32)21-25)29(36)19-12-20-35(40(4,38)39)27-17-9-6-10-18-27/h5-11,13-18,21,28H,12,19-20,22-23H2,1-4H3,(H,33,37)/t28-/m0/s1. The number of halogens is 1. The quantitative estimate of drug-likeness (QED) is 0.285. The minimum Gasteiger partial charge on any atom is -0.350 e. The summed E-state index contributed by atoms with van der Waals surface area (Å²) in [6, 6.07) is 25.4. The maximum absolute atomic E-state index is 13.9. The first-order chi connectivity index (χ1) is 18.8. The van der Waals surface area contributed by atoms with E-state index in [1.54, 1.807) is 29.2 Å². The summed E-state index contributed by atoms with van der Waals surface area (Å²) in [5, 5.41) is 3.06. The van der Waals surface area contributed by atoms with Crippen LogP contribution in [0.1, 0.15) is 44.7 Å². The second-order valence-electron chi connectivity index (χ2n) is 10.9. The highest BCUT2D eigenvalue weighted by Gasteiger charge is 2.32. The fourth-order valence-corrected chi connectivity index (χ4v) is 5.85. The minimum atomic E-state index is -3.54. The topological polar surface area (TPSA) is 86.8 Å². The van der Waals surface area contributed by atoms with Crippen LogP contribution in [-0.4, -0.2) is 49.5 Å². The average molecular weight is 629 g/mol. The van der Waals surface area contributed by atoms with E-state index in [2.05, 4.69) is 21.2 Å². The van der Waals surface area contributed by atoms with Crippen molar-refractivity contribution in [3.8, 4) is 0 Å². The number of anilines is 1. The summed E-state index contributed by atoms with van der Waals surface area (Å²) < 4.78 is 27.2. The largest absolute Gasteiger partial charge is 0.350 e. The van der Waals surface area contributed by atoms with Crippen LogP contribution in [0.5, 0.6) is 0 Å². The van der Waals surface area contributed by atoms with Crippen LogP contribution in [0.4, 0.5) is 5.69 Å². The lowest BCUT2D eigenvalue weighted by Gasteiger charge is -2.34. The van der Waals surface area contributed by atoms with E-state index in [-0.39, 0.29) is 31.3 Å². The highest BCUT2D eigenvalue weighted by molar-refractivity contribution is 9.10. The Kier molecular flexibility index (Phi) is 10.9. The van der Waals surface area contributed by atoms with Crippen molar-refractivity contribution in [3.05, 3.63) is 101 Å². The first-order valence-corrected chi connectivity index (χ1v) is 15.9. The molecule has 0 radical (unpaired) electrons. The zero-order valence-corrected chi connectivity index (χ0v) is 25.9. The summed E-state index contributed by atoms with van der Waals surface area (Å²) >= 11 is 3.50. The van der Waals surface area contributed by atoms with Crippen molar-refractivity contribution in [3.63, 3.8) is 0 Å². The third kappa shape index (κ3) is 9.78. The van der Waals surface area contributed by atoms with Crippen molar-refractivity contribution in [1.82, 2.24) is 10.2 Å². The van der Waals surface area contributed by atoms with Gasteiger partial charge in [-0.3, -0.25) is 13.9 Å². The van der Waals surface area contributed by atoms with Gasteiger partial charge in [-0.2, -0.15) is 0 Å². The van der Waals surface area contributed by atoms with Crippen LogP contribution >= 0.6 is 15.9 Å². The molecule has 0 spiro atoms. The van der Waals surface area contributed by atoms with Crippen LogP contribution < -0.4 is 9.62 Å². The molecular formula is C31H38BrN3O4S. The fraction of sp³-hybridized carbons (Fsp3) is 0.355. The third-order valence-electron chi connectivity index (χ3n) is 6.21. The van der Waals surface area contributed by atoms with E-state index in [9.17, 15) is 18.0 Å². The van der Waals surface area contributed by atoms with E-state index < -0.39 is 21.6 Å². The lowest BCUT2D eigenvalue weighted by Crippen LogP contribution is -2.54. The number of amides is 2. The molecule has 1 N–H and O–H groups in total. The van der Waals surface area contributed by atoms with Gasteiger partial charge in [0.25, 0.3) is 0 Å². The van der Waals surface area contributed by atoms with Crippen LogP contribution in [0.2, 0.25) is 0 Å². The molecular weight excluding hydrogens is 590 g/mol. The molecule has 0 aliphatic heterocycles. The van der Waals surface area contributed by atoms with Crippen molar-refractivity contribution in [2.75, 3.05) is 17.1 Å². The Balaban J connectivity index is 1.90. The van der Waals surface area contributed by atoms with Gasteiger partial charge in [-0.25, -0.2) is 8.42 Å². The number of nitrogens with one attached hydrogen (secondary N) is 1. The number of benzene rings is 3. The molecule has 0 bridgehead atoms. The normalized spacial score (nSPS) is 12.4. The van der Waals surface area contributed by atoms with Crippen LogP contribution in [0.25, 0.3) is 0 Å². The summed E-state index contributed by atoms with van der Waals surface area (Å²) in [6.45, 7) is 6.12. The highest BCUT2D eigenvalue weighted by Crippen LogP contribution is 2.21. The van der Waals surface area contributed by atoms with Crippen molar-refractivity contribution in [2.45, 2.75) is 58.2 Å². The highest BCUT2D eigenvalue weighted by atomic mass is 79.9. The van der Waals surface area contributed by atoms with Gasteiger partial charge in [-0.1, -0.05) is 76.6 Å². The van der Waals surface area contributed by atoms with E-state index in [1.165, 1.54) is 4.31 Å². The maximum atomic E-state index is 13.9. The number of sulfonamides is 1. The Morgan fingerprint density at radius 3 is 2.08 bits per heavy atom. The molecule has 0 heterocycles. The molecule has 40 heavy (non-hydrogen) atoms. The zero-order chi connectivity index (χ0) is 29.3. The molecule has 9 heteroatoms. The second-order valence-corrected chi connectivity index (χ2v) is 13.7. The van der Waals surface area contributed by atoms with E-state index in [1.807, 2.05) is 81.4 Å². The molecule has 3 rings (SSSR count). The van der Waals surface area contributed by atoms with Gasteiger partial charge in [0.1, 0.15) is 6.04 Å². The van der Waals surface area contributed by atoms with E-state index >= 15 is 0 Å². The van der Waals surface area contributed by atoms with Gasteiger partial charge >= 0.3 is 0 Å². The summed E-state index contributed by atoms with van der Waals surface area (Å²) in [5.74, 6) is -0.451. The fourth-order valence-electron chi connectivity index (χ4n) is 4.44. The molecule has 1 atom stereocenters. The Bertz CT molecular complexity index is 1380. The molecule has 0 aliphatic rings. The first-order valence-electron chi connectivity index (χ1n) is 13.3. The van der Waals surface area contributed by atoms with Gasteiger partial charge < -0.3 is 10.2 Å². The first kappa shape index (κ1) is 31.4. The van der Waals surface area contributed by atoms with Gasteiger partial charge in [-0.05, 0) is 62.6 Å². The molecule has 0 aromatic heterocycles. The lowest BCUT2D eigenvalue weighted by atomic mass is 10.00. The Labute approximate surface area is 246 Å². The van der Waals surface area contributed by atoms with Crippen molar-refractivity contribution >= 4 is 43.5 Å². The van der Waals surface area contributed by atoms with Gasteiger partial charge in [0.2, 0.25) is 21.8 Å². The number of nitrogens with zero attached hydrogens (tertiary/aromatic N) is 2. The second kappa shape index (κ2) is 13.9. The smallest absolute Gasteiger partial charge is 0.243 e. The number of hydrogen-bond acceptors (Lipinski definition) is 4. The molecule has 0 aliphatic carbocycles. The number of rotatable bonds is 12. The molecule has 3 aromatic rings. The van der Waals surface area contributed by atoms with Crippen molar-refractivity contribution in [2.24, 2.45) is 0 Å². The summed E-state index contributed by atoms with van der Waals surface area (Å²) in [4.78, 5) is 29.2. The van der Waals surface area contributed by atoms with Crippen LogP contribution in [-0.2, 0) is 32.6 Å². The van der Waals surface area contributed by atoms with Crippen molar-refractivity contribution in [1.29, 1.82) is 0 Å². The third-order valence-corrected chi connectivity index (χ3v) is 7.89. The minimum absolute atomic E-state index is 0.0843. The number of para-hydroxylation sites is 1. The average Bonchev–Trinajstić information content (AvgIpc) is 2.88. The molecule has 214 valence electrons. The number of hydrogen-bond donors (Lipinski definition) is 1. The van der Waals surface area contributed by atoms with Gasteiger partial charge in [-0.15, -0.1) is 0 Å². The molecule has 0 saturated carbocycles. The summed E-state index contributed by atoms with van der Waals surface area (Å²) in [5.41, 5.74) is 1.89. The maximum Gasteiger partial charge on any atom is 0.243 e. The van der Waals surface area contributed by atoms with Gasteiger partial charge in [0.05, 0.1) is 11.9 Å². The van der Waals surface area contributed by atoms with E-state index in [0.717, 1.165) is 21.9 Å². The molecule has 0 fully saturated rings. The van der Waals surface area contributed by atoms with E-state index in [0.29, 0.717) is 18.5 Å². The van der Waals surface area contributed by atoms with Crippen LogP contribution in [0, 0.1) is 0 Å². The molecule has 2 amide bonds. The lowest BCUT2D eigenvalue weighted by molar-refractivity contribution is -0.142. The molecule has 0 saturated heterocycles. The van der Waals surface area contributed by atoms with E-state index in [4.69, 9.17) is 0 Å². The number of carbonyl (C=O) groups excluding carboxylic acids is 2. The predicted octanol–water partition coefficient (Wildman–Crippen LogP) is 5.55. The Hall–Kier alpha value is -3.17. The molecule has 7 nitrogen and oxygen atoms in total. The zero-order valence-electron chi connectivity index (χ0n) is 23.5. The monoisotopic (exact) mass is 627 g/mol. The SMILES string of the molecule is CC(C)(C)NC(=O)[C@H](Cc1ccccc1)N(Cc1cccc(Br)c1)C(=O)CCCN(c1ccccc1)S(C)(=O)=O. The molecule has 3 aromatic carbocycles. The Morgan fingerprint density at radius 1 is 0.900 bits per heavy atom. The van der Waals surface area contributed by atoms with Gasteiger partial charge in [0, 0.05) is 35.9 Å². The summed E-state index contributed by atoms with van der Waals surface area (Å²) in [6.07, 6.45) is 1.89. The van der Waals surface area contributed by atoms with Crippen molar-refractivity contribution < 1.29 is 18.0 Å². The predicted molar refractivity (Wildman–Crippen MR) is 164 cm³/mol. The van der Waals surface area contributed by atoms with Crippen LogP contribution in [0.3, 0.4) is 0 Å². The van der Waals surface area contributed by atoms with Crippen LogP contribution in [0.15, 0.2) is 89.4 Å². The summed E-state index contributed by atoms with van der Waals surface area (Å²) in [7, 11) is -3.54. The number of carbonyl (C=O) groups is 2.